The summed E-state index contributed by atoms with van der Waals surface area (Å²) in [4.78, 5) is 16.0. The van der Waals surface area contributed by atoms with Crippen LogP contribution in [-0.4, -0.2) is 33.7 Å². The number of amides is 1. The molecule has 1 N–H and O–H groups in total. The van der Waals surface area contributed by atoms with Gasteiger partial charge in [0.2, 0.25) is 0 Å². The third-order valence-electron chi connectivity index (χ3n) is 2.87. The average molecular weight is 276 g/mol. The number of nitrogens with one attached hydrogen (secondary N) is 1. The number of unbranched alkanes of at least 4 members (excludes halogenated alkanes) is 2. The van der Waals surface area contributed by atoms with Gasteiger partial charge in [0, 0.05) is 18.9 Å². The first-order valence-electron chi connectivity index (χ1n) is 6.89. The molecule has 2 aromatic rings. The van der Waals surface area contributed by atoms with Crippen LogP contribution in [0, 0.1) is 6.92 Å². The summed E-state index contributed by atoms with van der Waals surface area (Å²) in [6.07, 6.45) is 4.90. The van der Waals surface area contributed by atoms with E-state index in [2.05, 4.69) is 22.3 Å². The minimum absolute atomic E-state index is 0.0633. The van der Waals surface area contributed by atoms with Crippen LogP contribution in [0.5, 0.6) is 0 Å². The molecule has 108 valence electrons. The quantitative estimate of drug-likeness (QED) is 0.787. The zero-order valence-electron chi connectivity index (χ0n) is 11.9. The van der Waals surface area contributed by atoms with E-state index in [1.54, 1.807) is 16.8 Å². The Bertz CT molecular complexity index is 580. The van der Waals surface area contributed by atoms with Crippen molar-refractivity contribution in [2.24, 2.45) is 0 Å². The van der Waals surface area contributed by atoms with Gasteiger partial charge in [0.05, 0.1) is 5.69 Å². The Hall–Kier alpha value is -1.95. The van der Waals surface area contributed by atoms with Crippen molar-refractivity contribution in [2.45, 2.75) is 33.1 Å². The highest BCUT2D eigenvalue weighted by molar-refractivity contribution is 5.91. The maximum absolute atomic E-state index is 11.8. The average Bonchev–Trinajstić information content (AvgIpc) is 2.80. The number of carbonyl (C=O) groups excluding carboxylic acids is 1. The van der Waals surface area contributed by atoms with E-state index in [4.69, 9.17) is 4.74 Å². The minimum atomic E-state index is -0.179. The molecule has 2 aromatic heterocycles. The smallest absolute Gasteiger partial charge is 0.251 e. The number of ether oxygens (including phenoxy) is 1. The molecule has 0 aliphatic carbocycles. The zero-order valence-corrected chi connectivity index (χ0v) is 11.9. The zero-order chi connectivity index (χ0) is 14.4. The molecule has 20 heavy (non-hydrogen) atoms. The molecular formula is C14H20N4O2. The first kappa shape index (κ1) is 14.5. The number of anilines is 1. The second-order valence-corrected chi connectivity index (χ2v) is 4.69. The predicted octanol–water partition coefficient (Wildman–Crippen LogP) is 2.18. The molecule has 0 fully saturated rings. The van der Waals surface area contributed by atoms with E-state index in [0.29, 0.717) is 18.1 Å². The van der Waals surface area contributed by atoms with E-state index in [9.17, 15) is 4.79 Å². The monoisotopic (exact) mass is 276 g/mol. The van der Waals surface area contributed by atoms with Crippen LogP contribution < -0.4 is 5.32 Å². The summed E-state index contributed by atoms with van der Waals surface area (Å²) in [5.74, 6) is 0.424. The lowest BCUT2D eigenvalue weighted by Crippen LogP contribution is -2.20. The standard InChI is InChI=1S/C14H20N4O2/c1-3-4-5-8-20-10-14(19)16-12-6-7-15-13-9-11(2)17-18(12)13/h6-7,9H,3-5,8,10H2,1-2H3,(H,16,19). The number of hydrogen-bond donors (Lipinski definition) is 1. The molecule has 1 amide bonds. The van der Waals surface area contributed by atoms with Crippen LogP contribution in [0.4, 0.5) is 5.82 Å². The van der Waals surface area contributed by atoms with E-state index >= 15 is 0 Å². The lowest BCUT2D eigenvalue weighted by Gasteiger charge is -2.07. The number of carbonyl (C=O) groups is 1. The molecule has 0 aliphatic heterocycles. The molecule has 2 heterocycles. The summed E-state index contributed by atoms with van der Waals surface area (Å²) in [5.41, 5.74) is 1.57. The summed E-state index contributed by atoms with van der Waals surface area (Å²) in [6.45, 7) is 4.70. The normalized spacial score (nSPS) is 10.9. The Morgan fingerprint density at radius 1 is 1.45 bits per heavy atom. The van der Waals surface area contributed by atoms with Gasteiger partial charge in [0.15, 0.2) is 5.65 Å². The van der Waals surface area contributed by atoms with Gasteiger partial charge in [-0.05, 0) is 19.4 Å². The highest BCUT2D eigenvalue weighted by Gasteiger charge is 2.08. The van der Waals surface area contributed by atoms with Gasteiger partial charge < -0.3 is 10.1 Å². The van der Waals surface area contributed by atoms with E-state index in [-0.39, 0.29) is 12.5 Å². The van der Waals surface area contributed by atoms with Crippen LogP contribution in [0.25, 0.3) is 5.65 Å². The highest BCUT2D eigenvalue weighted by Crippen LogP contribution is 2.10. The Morgan fingerprint density at radius 3 is 3.10 bits per heavy atom. The predicted molar refractivity (Wildman–Crippen MR) is 76.7 cm³/mol. The number of aromatic nitrogens is 3. The maximum Gasteiger partial charge on any atom is 0.251 e. The topological polar surface area (TPSA) is 68.5 Å². The van der Waals surface area contributed by atoms with Crippen LogP contribution in [0.15, 0.2) is 18.3 Å². The third kappa shape index (κ3) is 3.77. The largest absolute Gasteiger partial charge is 0.372 e. The van der Waals surface area contributed by atoms with Gasteiger partial charge in [-0.2, -0.15) is 9.61 Å². The summed E-state index contributed by atoms with van der Waals surface area (Å²) < 4.78 is 6.95. The molecule has 0 saturated heterocycles. The van der Waals surface area contributed by atoms with Crippen molar-refractivity contribution in [3.8, 4) is 0 Å². The van der Waals surface area contributed by atoms with Crippen LogP contribution in [0.3, 0.4) is 0 Å². The fraction of sp³-hybridized carbons (Fsp3) is 0.500. The van der Waals surface area contributed by atoms with Gasteiger partial charge in [-0.3, -0.25) is 4.79 Å². The first-order valence-corrected chi connectivity index (χ1v) is 6.89. The minimum Gasteiger partial charge on any atom is -0.372 e. The van der Waals surface area contributed by atoms with Crippen LogP contribution in [0.2, 0.25) is 0 Å². The number of aryl methyl sites for hydroxylation is 1. The molecule has 0 unspecified atom stereocenters. The summed E-state index contributed by atoms with van der Waals surface area (Å²) in [5, 5.41) is 7.07. The number of fused-ring (bicyclic) bond motifs is 1. The fourth-order valence-electron chi connectivity index (χ4n) is 1.90. The van der Waals surface area contributed by atoms with Crippen molar-refractivity contribution in [3.05, 3.63) is 24.0 Å². The lowest BCUT2D eigenvalue weighted by atomic mass is 10.3. The van der Waals surface area contributed by atoms with E-state index < -0.39 is 0 Å². The van der Waals surface area contributed by atoms with Crippen molar-refractivity contribution in [1.29, 1.82) is 0 Å². The molecule has 0 aromatic carbocycles. The van der Waals surface area contributed by atoms with E-state index in [0.717, 1.165) is 25.0 Å². The highest BCUT2D eigenvalue weighted by atomic mass is 16.5. The van der Waals surface area contributed by atoms with Crippen molar-refractivity contribution in [1.82, 2.24) is 14.6 Å². The van der Waals surface area contributed by atoms with Crippen LogP contribution in [-0.2, 0) is 9.53 Å². The lowest BCUT2D eigenvalue weighted by molar-refractivity contribution is -0.120. The summed E-state index contributed by atoms with van der Waals surface area (Å²) in [6, 6.07) is 3.57. The van der Waals surface area contributed by atoms with Gasteiger partial charge in [-0.25, -0.2) is 4.98 Å². The second-order valence-electron chi connectivity index (χ2n) is 4.69. The van der Waals surface area contributed by atoms with Crippen molar-refractivity contribution < 1.29 is 9.53 Å². The number of hydrogen-bond acceptors (Lipinski definition) is 4. The summed E-state index contributed by atoms with van der Waals surface area (Å²) >= 11 is 0. The molecule has 6 nitrogen and oxygen atoms in total. The fourth-order valence-corrected chi connectivity index (χ4v) is 1.90. The first-order chi connectivity index (χ1) is 9.70. The van der Waals surface area contributed by atoms with Gasteiger partial charge >= 0.3 is 0 Å². The van der Waals surface area contributed by atoms with E-state index in [1.807, 2.05) is 13.0 Å². The molecule has 0 atom stereocenters. The molecule has 0 radical (unpaired) electrons. The van der Waals surface area contributed by atoms with Crippen molar-refractivity contribution in [3.63, 3.8) is 0 Å². The molecule has 2 rings (SSSR count). The molecule has 0 aliphatic rings. The van der Waals surface area contributed by atoms with E-state index in [1.165, 1.54) is 0 Å². The Kier molecular flexibility index (Phi) is 5.06. The Balaban J connectivity index is 1.89. The van der Waals surface area contributed by atoms with Gasteiger partial charge in [0.1, 0.15) is 12.4 Å². The van der Waals surface area contributed by atoms with Crippen molar-refractivity contribution in [2.75, 3.05) is 18.5 Å². The molecule has 0 saturated carbocycles. The van der Waals surface area contributed by atoms with Gasteiger partial charge in [0.25, 0.3) is 5.91 Å². The molecular weight excluding hydrogens is 256 g/mol. The maximum atomic E-state index is 11.8. The van der Waals surface area contributed by atoms with Crippen LogP contribution in [0.1, 0.15) is 31.9 Å². The van der Waals surface area contributed by atoms with Crippen LogP contribution >= 0.6 is 0 Å². The molecule has 6 heteroatoms. The van der Waals surface area contributed by atoms with Gasteiger partial charge in [-0.15, -0.1) is 0 Å². The number of rotatable bonds is 7. The molecule has 0 spiro atoms. The second kappa shape index (κ2) is 7.00. The third-order valence-corrected chi connectivity index (χ3v) is 2.87. The molecule has 0 bridgehead atoms. The number of nitrogens with zero attached hydrogens (tertiary/aromatic N) is 3. The summed E-state index contributed by atoms with van der Waals surface area (Å²) in [7, 11) is 0. The SMILES string of the molecule is CCCCCOCC(=O)Nc1ccnc2cc(C)nn12. The Labute approximate surface area is 118 Å². The van der Waals surface area contributed by atoms with Crippen molar-refractivity contribution >= 4 is 17.4 Å². The Morgan fingerprint density at radius 2 is 2.30 bits per heavy atom. The van der Waals surface area contributed by atoms with Gasteiger partial charge in [-0.1, -0.05) is 19.8 Å².